The molecule has 0 spiro atoms. The van der Waals surface area contributed by atoms with E-state index in [1.54, 1.807) is 12.3 Å². The highest BCUT2D eigenvalue weighted by atomic mass is 79.9. The molecule has 5 N–H and O–H groups in total. The van der Waals surface area contributed by atoms with Crippen LogP contribution in [0.2, 0.25) is 0 Å². The summed E-state index contributed by atoms with van der Waals surface area (Å²) in [6.07, 6.45) is 6.03. The summed E-state index contributed by atoms with van der Waals surface area (Å²) >= 11 is 3.58. The summed E-state index contributed by atoms with van der Waals surface area (Å²) in [6.45, 7) is 1.42. The molecule has 1 amide bonds. The number of nitrogens with zero attached hydrogens (tertiary/aromatic N) is 5. The van der Waals surface area contributed by atoms with Gasteiger partial charge >= 0.3 is 0 Å². The van der Waals surface area contributed by atoms with Crippen molar-refractivity contribution in [3.8, 4) is 0 Å². The molecule has 3 aromatic heterocycles. The number of fused-ring (bicyclic) bond motifs is 1. The van der Waals surface area contributed by atoms with Crippen LogP contribution in [0.3, 0.4) is 0 Å². The second kappa shape index (κ2) is 8.60. The fourth-order valence-electron chi connectivity index (χ4n) is 3.79. The number of carbonyl (C=O) groups is 1. The highest BCUT2D eigenvalue weighted by Gasteiger charge is 2.28. The molecule has 0 aromatic carbocycles. The van der Waals surface area contributed by atoms with E-state index in [2.05, 4.69) is 60.2 Å². The zero-order valence-corrected chi connectivity index (χ0v) is 18.9. The van der Waals surface area contributed by atoms with Crippen molar-refractivity contribution >= 4 is 56.4 Å². The van der Waals surface area contributed by atoms with Crippen LogP contribution in [0.1, 0.15) is 28.9 Å². The van der Waals surface area contributed by atoms with Crippen LogP contribution in [0.4, 0.5) is 17.3 Å². The van der Waals surface area contributed by atoms with Gasteiger partial charge < -0.3 is 31.2 Å². The average molecular weight is 486 g/mol. The van der Waals surface area contributed by atoms with Crippen molar-refractivity contribution < 1.29 is 4.79 Å². The van der Waals surface area contributed by atoms with Crippen LogP contribution in [0.5, 0.6) is 0 Å². The summed E-state index contributed by atoms with van der Waals surface area (Å²) in [6, 6.07) is 2.21. The van der Waals surface area contributed by atoms with Crippen LogP contribution in [0.25, 0.3) is 11.0 Å². The molecule has 0 bridgehead atoms. The van der Waals surface area contributed by atoms with E-state index in [1.807, 2.05) is 4.90 Å². The Morgan fingerprint density at radius 2 is 2.10 bits per heavy atom. The first-order valence-corrected chi connectivity index (χ1v) is 10.7. The van der Waals surface area contributed by atoms with E-state index in [0.717, 1.165) is 19.1 Å². The lowest BCUT2D eigenvalue weighted by Crippen LogP contribution is -2.44. The van der Waals surface area contributed by atoms with E-state index >= 15 is 0 Å². The number of likely N-dealkylation sites (tertiary alicyclic amines) is 1. The number of halogens is 1. The van der Waals surface area contributed by atoms with Crippen molar-refractivity contribution in [3.63, 3.8) is 0 Å². The van der Waals surface area contributed by atoms with Gasteiger partial charge in [0.05, 0.1) is 21.7 Å². The lowest BCUT2D eigenvalue weighted by Gasteiger charge is -2.35. The molecule has 10 nitrogen and oxygen atoms in total. The van der Waals surface area contributed by atoms with Gasteiger partial charge in [0, 0.05) is 30.9 Å². The summed E-state index contributed by atoms with van der Waals surface area (Å²) in [5.74, 6) is 0.733. The van der Waals surface area contributed by atoms with Crippen LogP contribution in [0.15, 0.2) is 23.1 Å². The topological polar surface area (TPSA) is 140 Å². The van der Waals surface area contributed by atoms with Crippen molar-refractivity contribution in [2.24, 2.45) is 0 Å². The zero-order valence-electron chi connectivity index (χ0n) is 17.3. The number of nitrogen functional groups attached to an aromatic ring is 1. The normalized spacial score (nSPS) is 14.9. The molecule has 0 radical (unpaired) electrons. The van der Waals surface area contributed by atoms with Gasteiger partial charge in [-0.1, -0.05) is 0 Å². The minimum atomic E-state index is -0.0618. The molecule has 162 valence electrons. The number of rotatable bonds is 5. The molecular formula is C20H24BrN9O. The number of nitrogens with two attached hydrogens (primary N) is 1. The van der Waals surface area contributed by atoms with Gasteiger partial charge in [0.2, 0.25) is 0 Å². The molecule has 1 fully saturated rings. The summed E-state index contributed by atoms with van der Waals surface area (Å²) in [7, 11) is 4.15. The highest BCUT2D eigenvalue weighted by molar-refractivity contribution is 9.10. The van der Waals surface area contributed by atoms with Crippen LogP contribution < -0.4 is 11.1 Å². The second-order valence-corrected chi connectivity index (χ2v) is 8.51. The van der Waals surface area contributed by atoms with Crippen molar-refractivity contribution in [2.75, 3.05) is 38.2 Å². The molecule has 0 atom stereocenters. The molecule has 1 saturated heterocycles. The number of aromatic nitrogens is 4. The predicted molar refractivity (Wildman–Crippen MR) is 124 cm³/mol. The Hall–Kier alpha value is -3.05. The molecule has 0 unspecified atom stereocenters. The summed E-state index contributed by atoms with van der Waals surface area (Å²) in [5, 5.41) is 11.3. The van der Waals surface area contributed by atoms with Gasteiger partial charge in [-0.3, -0.25) is 4.79 Å². The zero-order chi connectivity index (χ0) is 22.1. The van der Waals surface area contributed by atoms with E-state index in [-0.39, 0.29) is 11.7 Å². The number of hydrogen-bond acceptors (Lipinski definition) is 8. The van der Waals surface area contributed by atoms with Crippen LogP contribution in [0, 0.1) is 5.41 Å². The van der Waals surface area contributed by atoms with Crippen molar-refractivity contribution in [2.45, 2.75) is 18.9 Å². The molecule has 0 saturated carbocycles. The van der Waals surface area contributed by atoms with Crippen molar-refractivity contribution in [1.29, 1.82) is 5.41 Å². The second-order valence-electron chi connectivity index (χ2n) is 7.71. The minimum Gasteiger partial charge on any atom is -0.383 e. The van der Waals surface area contributed by atoms with Gasteiger partial charge in [-0.15, -0.1) is 0 Å². The number of carbonyl (C=O) groups excluding carboxylic acids is 1. The van der Waals surface area contributed by atoms with E-state index < -0.39 is 0 Å². The fraction of sp³-hybridized carbons (Fsp3) is 0.350. The summed E-state index contributed by atoms with van der Waals surface area (Å²) < 4.78 is 0.612. The third-order valence-electron chi connectivity index (χ3n) is 5.59. The molecular weight excluding hydrogens is 462 g/mol. The van der Waals surface area contributed by atoms with Gasteiger partial charge in [-0.2, -0.15) is 0 Å². The maximum absolute atomic E-state index is 13.2. The van der Waals surface area contributed by atoms with Gasteiger partial charge in [0.15, 0.2) is 0 Å². The average Bonchev–Trinajstić information content (AvgIpc) is 3.12. The number of hydrogen-bond donors (Lipinski definition) is 4. The lowest BCUT2D eigenvalue weighted by atomic mass is 10.0. The number of piperidine rings is 1. The Morgan fingerprint density at radius 1 is 1.35 bits per heavy atom. The number of nitrogens with one attached hydrogen (secondary N) is 3. The summed E-state index contributed by atoms with van der Waals surface area (Å²) in [5.41, 5.74) is 7.90. The number of anilines is 3. The Morgan fingerprint density at radius 3 is 2.77 bits per heavy atom. The molecule has 1 aliphatic heterocycles. The molecule has 4 heterocycles. The van der Waals surface area contributed by atoms with Gasteiger partial charge in [0.25, 0.3) is 5.91 Å². The lowest BCUT2D eigenvalue weighted by molar-refractivity contribution is 0.0657. The van der Waals surface area contributed by atoms with Gasteiger partial charge in [-0.25, -0.2) is 15.0 Å². The molecule has 31 heavy (non-hydrogen) atoms. The number of aromatic amines is 1. The highest BCUT2D eigenvalue weighted by Crippen LogP contribution is 2.34. The third-order valence-corrected chi connectivity index (χ3v) is 6.39. The Bertz CT molecular complexity index is 1140. The van der Waals surface area contributed by atoms with Crippen LogP contribution in [-0.4, -0.2) is 75.1 Å². The molecule has 11 heteroatoms. The van der Waals surface area contributed by atoms with E-state index in [1.165, 1.54) is 6.33 Å². The number of amides is 1. The fourth-order valence-corrected chi connectivity index (χ4v) is 4.43. The van der Waals surface area contributed by atoms with Crippen LogP contribution in [-0.2, 0) is 0 Å². The largest absolute Gasteiger partial charge is 0.383 e. The van der Waals surface area contributed by atoms with Crippen molar-refractivity contribution in [1.82, 2.24) is 29.7 Å². The Labute approximate surface area is 187 Å². The molecule has 1 aliphatic rings. The molecule has 3 aromatic rings. The van der Waals surface area contributed by atoms with E-state index in [9.17, 15) is 4.79 Å². The smallest absolute Gasteiger partial charge is 0.271 e. The first kappa shape index (κ1) is 21.2. The first-order valence-electron chi connectivity index (χ1n) is 9.90. The van der Waals surface area contributed by atoms with Crippen LogP contribution >= 0.6 is 15.9 Å². The molecule has 0 aliphatic carbocycles. The maximum Gasteiger partial charge on any atom is 0.271 e. The van der Waals surface area contributed by atoms with Gasteiger partial charge in [-0.05, 0) is 48.9 Å². The van der Waals surface area contributed by atoms with E-state index in [4.69, 9.17) is 11.1 Å². The maximum atomic E-state index is 13.2. The van der Waals surface area contributed by atoms with E-state index in [0.29, 0.717) is 57.4 Å². The standard InChI is InChI=1S/C20H24BrN9O/c1-29(2)13-3-5-30(6-4-13)20(31)16-15(21)14-18(25-10-26-19(14)28-16)27-12-7-11(8-22)17(23)24-9-12/h7-10,13,22H,3-6H2,1-2H3,(H2,23,24)(H2,25,26,27,28). The Balaban J connectivity index is 1.62. The Kier molecular flexibility index (Phi) is 5.88. The number of pyridine rings is 1. The minimum absolute atomic E-state index is 0.0618. The number of H-pyrrole nitrogens is 1. The molecule has 4 rings (SSSR count). The summed E-state index contributed by atoms with van der Waals surface area (Å²) in [4.78, 5) is 33.1. The third kappa shape index (κ3) is 4.10. The van der Waals surface area contributed by atoms with Gasteiger partial charge in [0.1, 0.15) is 29.3 Å². The first-order chi connectivity index (χ1) is 14.9. The predicted octanol–water partition coefficient (Wildman–Crippen LogP) is 2.61. The monoisotopic (exact) mass is 485 g/mol. The SMILES string of the molecule is CN(C)C1CCN(C(=O)c2[nH]c3ncnc(Nc4cnc(N)c(C=N)c4)c3c2Br)CC1. The van der Waals surface area contributed by atoms with Crippen molar-refractivity contribution in [3.05, 3.63) is 34.3 Å². The quantitative estimate of drug-likeness (QED) is 0.407.